The molecule has 0 bridgehead atoms. The highest BCUT2D eigenvalue weighted by molar-refractivity contribution is 7.21. The molecule has 16 heavy (non-hydrogen) atoms. The van der Waals surface area contributed by atoms with Gasteiger partial charge >= 0.3 is 5.97 Å². The average molecular weight is 236 g/mol. The van der Waals surface area contributed by atoms with Gasteiger partial charge in [-0.15, -0.1) is 11.3 Å². The molecule has 0 atom stereocenters. The molecule has 4 nitrogen and oxygen atoms in total. The van der Waals surface area contributed by atoms with Gasteiger partial charge in [-0.2, -0.15) is 0 Å². The van der Waals surface area contributed by atoms with Gasteiger partial charge < -0.3 is 10.8 Å². The Labute approximate surface area is 96.7 Å². The number of hydrogen-bond donors (Lipinski definition) is 2. The van der Waals surface area contributed by atoms with E-state index in [9.17, 15) is 4.79 Å². The second-order valence-electron chi connectivity index (χ2n) is 3.89. The van der Waals surface area contributed by atoms with Crippen molar-refractivity contribution in [3.05, 3.63) is 22.7 Å². The van der Waals surface area contributed by atoms with Crippen molar-refractivity contribution in [3.63, 3.8) is 0 Å². The Morgan fingerprint density at radius 3 is 2.75 bits per heavy atom. The maximum Gasteiger partial charge on any atom is 0.348 e. The third-order valence-corrected chi connectivity index (χ3v) is 3.50. The minimum Gasteiger partial charge on any atom is -0.477 e. The first kappa shape index (κ1) is 10.9. The van der Waals surface area contributed by atoms with E-state index >= 15 is 0 Å². The smallest absolute Gasteiger partial charge is 0.348 e. The number of fused-ring (bicyclic) bond motifs is 1. The highest BCUT2D eigenvalue weighted by Crippen LogP contribution is 2.33. The number of aromatic nitrogens is 1. The second kappa shape index (κ2) is 3.75. The molecule has 84 valence electrons. The summed E-state index contributed by atoms with van der Waals surface area (Å²) in [4.78, 5) is 16.2. The van der Waals surface area contributed by atoms with Gasteiger partial charge in [0.25, 0.3) is 0 Å². The Morgan fingerprint density at radius 1 is 1.50 bits per heavy atom. The van der Waals surface area contributed by atoms with E-state index in [0.29, 0.717) is 16.4 Å². The van der Waals surface area contributed by atoms with Crippen LogP contribution in [0.1, 0.15) is 35.1 Å². The molecule has 0 radical (unpaired) electrons. The molecule has 2 aromatic rings. The Morgan fingerprint density at radius 2 is 2.19 bits per heavy atom. The second-order valence-corrected chi connectivity index (χ2v) is 4.89. The van der Waals surface area contributed by atoms with Crippen LogP contribution in [0.5, 0.6) is 0 Å². The van der Waals surface area contributed by atoms with Crippen molar-refractivity contribution in [2.45, 2.75) is 19.8 Å². The first-order chi connectivity index (χ1) is 7.50. The number of aromatic carboxylic acids is 1. The summed E-state index contributed by atoms with van der Waals surface area (Å²) in [5, 5.41) is 9.68. The number of carboxylic acids is 1. The van der Waals surface area contributed by atoms with E-state index in [1.54, 1.807) is 0 Å². The number of hydrogen-bond acceptors (Lipinski definition) is 4. The zero-order valence-corrected chi connectivity index (χ0v) is 9.84. The largest absolute Gasteiger partial charge is 0.477 e. The first-order valence-electron chi connectivity index (χ1n) is 4.93. The van der Waals surface area contributed by atoms with E-state index in [4.69, 9.17) is 10.8 Å². The lowest BCUT2D eigenvalue weighted by Crippen LogP contribution is -1.97. The standard InChI is InChI=1S/C11H12N2O2S/c1-5(2)7-4-3-6-8(12)9(11(14)15)16-10(6)13-7/h3-5H,12H2,1-2H3,(H,14,15). The first-order valence-corrected chi connectivity index (χ1v) is 5.74. The van der Waals surface area contributed by atoms with Crippen LogP contribution in [-0.4, -0.2) is 16.1 Å². The molecule has 0 spiro atoms. The van der Waals surface area contributed by atoms with E-state index in [-0.39, 0.29) is 4.88 Å². The number of nitrogens with two attached hydrogens (primary N) is 1. The number of nitrogen functional groups attached to an aromatic ring is 1. The van der Waals surface area contributed by atoms with Crippen LogP contribution in [0.15, 0.2) is 12.1 Å². The third kappa shape index (κ3) is 1.63. The molecule has 0 aliphatic heterocycles. The summed E-state index contributed by atoms with van der Waals surface area (Å²) in [6.07, 6.45) is 0. The number of carbonyl (C=O) groups is 1. The number of pyridine rings is 1. The van der Waals surface area contributed by atoms with Gasteiger partial charge in [0.05, 0.1) is 5.69 Å². The summed E-state index contributed by atoms with van der Waals surface area (Å²) >= 11 is 1.13. The van der Waals surface area contributed by atoms with E-state index < -0.39 is 5.97 Å². The molecule has 2 rings (SSSR count). The molecule has 0 saturated heterocycles. The Bertz CT molecular complexity index is 560. The monoisotopic (exact) mass is 236 g/mol. The van der Waals surface area contributed by atoms with Crippen LogP contribution in [0, 0.1) is 0 Å². The Hall–Kier alpha value is -1.62. The summed E-state index contributed by atoms with van der Waals surface area (Å²) < 4.78 is 0. The highest BCUT2D eigenvalue weighted by atomic mass is 32.1. The van der Waals surface area contributed by atoms with Crippen molar-refractivity contribution >= 4 is 33.2 Å². The molecule has 0 aliphatic rings. The Balaban J connectivity index is 2.67. The lowest BCUT2D eigenvalue weighted by Gasteiger charge is -2.02. The molecule has 3 N–H and O–H groups in total. The van der Waals surface area contributed by atoms with Gasteiger partial charge in [-0.05, 0) is 18.1 Å². The van der Waals surface area contributed by atoms with Gasteiger partial charge in [0.15, 0.2) is 0 Å². The predicted octanol–water partition coefficient (Wildman–Crippen LogP) is 2.70. The molecule has 0 amide bonds. The molecule has 0 saturated carbocycles. The molecular weight excluding hydrogens is 224 g/mol. The van der Waals surface area contributed by atoms with Gasteiger partial charge in [-0.25, -0.2) is 9.78 Å². The molecule has 5 heteroatoms. The lowest BCUT2D eigenvalue weighted by molar-refractivity contribution is 0.0703. The van der Waals surface area contributed by atoms with E-state index in [0.717, 1.165) is 22.4 Å². The van der Waals surface area contributed by atoms with Gasteiger partial charge in [-0.3, -0.25) is 0 Å². The number of nitrogens with zero attached hydrogens (tertiary/aromatic N) is 1. The van der Waals surface area contributed by atoms with Gasteiger partial charge in [-0.1, -0.05) is 13.8 Å². The molecule has 0 unspecified atom stereocenters. The predicted molar refractivity (Wildman–Crippen MR) is 65.1 cm³/mol. The fourth-order valence-electron chi connectivity index (χ4n) is 1.49. The SMILES string of the molecule is CC(C)c1ccc2c(N)c(C(=O)O)sc2n1. The van der Waals surface area contributed by atoms with Crippen molar-refractivity contribution < 1.29 is 9.90 Å². The van der Waals surface area contributed by atoms with Crippen molar-refractivity contribution in [2.75, 3.05) is 5.73 Å². The minimum atomic E-state index is -0.994. The normalized spacial score (nSPS) is 11.2. The van der Waals surface area contributed by atoms with Crippen molar-refractivity contribution in [1.29, 1.82) is 0 Å². The van der Waals surface area contributed by atoms with Crippen molar-refractivity contribution in [2.24, 2.45) is 0 Å². The van der Waals surface area contributed by atoms with Crippen LogP contribution in [0.25, 0.3) is 10.2 Å². The summed E-state index contributed by atoms with van der Waals surface area (Å²) in [6, 6.07) is 3.73. The highest BCUT2D eigenvalue weighted by Gasteiger charge is 2.16. The molecule has 0 aliphatic carbocycles. The maximum absolute atomic E-state index is 10.9. The quantitative estimate of drug-likeness (QED) is 0.840. The molecule has 0 aromatic carbocycles. The Kier molecular flexibility index (Phi) is 2.55. The van der Waals surface area contributed by atoms with Crippen LogP contribution < -0.4 is 5.73 Å². The van der Waals surface area contributed by atoms with E-state index in [1.807, 2.05) is 26.0 Å². The van der Waals surface area contributed by atoms with Crippen molar-refractivity contribution in [1.82, 2.24) is 4.98 Å². The fourth-order valence-corrected chi connectivity index (χ4v) is 2.43. The summed E-state index contributed by atoms with van der Waals surface area (Å²) in [7, 11) is 0. The molecule has 0 fully saturated rings. The van der Waals surface area contributed by atoms with Gasteiger partial charge in [0, 0.05) is 11.1 Å². The molecule has 2 aromatic heterocycles. The number of rotatable bonds is 2. The number of anilines is 1. The molecular formula is C11H12N2O2S. The minimum absolute atomic E-state index is 0.170. The lowest BCUT2D eigenvalue weighted by atomic mass is 10.1. The third-order valence-electron chi connectivity index (χ3n) is 2.40. The van der Waals surface area contributed by atoms with Crippen LogP contribution in [0.4, 0.5) is 5.69 Å². The van der Waals surface area contributed by atoms with Crippen LogP contribution in [0.2, 0.25) is 0 Å². The van der Waals surface area contributed by atoms with Crippen LogP contribution in [-0.2, 0) is 0 Å². The van der Waals surface area contributed by atoms with Crippen LogP contribution in [0.3, 0.4) is 0 Å². The summed E-state index contributed by atoms with van der Waals surface area (Å²) in [6.45, 7) is 4.09. The number of carboxylic acid groups (broad SMARTS) is 1. The average Bonchev–Trinajstić information content (AvgIpc) is 2.55. The molecule has 2 heterocycles. The van der Waals surface area contributed by atoms with Crippen LogP contribution >= 0.6 is 11.3 Å². The fraction of sp³-hybridized carbons (Fsp3) is 0.273. The maximum atomic E-state index is 10.9. The van der Waals surface area contributed by atoms with Crippen molar-refractivity contribution in [3.8, 4) is 0 Å². The zero-order valence-electron chi connectivity index (χ0n) is 9.02. The van der Waals surface area contributed by atoms with E-state index in [2.05, 4.69) is 4.98 Å². The van der Waals surface area contributed by atoms with Gasteiger partial charge in [0.2, 0.25) is 0 Å². The summed E-state index contributed by atoms with van der Waals surface area (Å²) in [5.41, 5.74) is 7.02. The van der Waals surface area contributed by atoms with Gasteiger partial charge in [0.1, 0.15) is 9.71 Å². The summed E-state index contributed by atoms with van der Waals surface area (Å²) in [5.74, 6) is -0.674. The number of thiophene rings is 1. The topological polar surface area (TPSA) is 76.2 Å². The van der Waals surface area contributed by atoms with E-state index in [1.165, 1.54) is 0 Å². The zero-order chi connectivity index (χ0) is 11.9.